The van der Waals surface area contributed by atoms with E-state index >= 15 is 0 Å². The number of aryl methyl sites for hydroxylation is 1. The molecular formula is C22H25N3O4. The van der Waals surface area contributed by atoms with Crippen LogP contribution >= 0.6 is 0 Å². The summed E-state index contributed by atoms with van der Waals surface area (Å²) in [4.78, 5) is 35.0. The Labute approximate surface area is 169 Å². The molecule has 0 spiro atoms. The molecule has 0 aromatic heterocycles. The van der Waals surface area contributed by atoms with Crippen molar-refractivity contribution in [2.24, 2.45) is 5.73 Å². The van der Waals surface area contributed by atoms with Gasteiger partial charge in [-0.05, 0) is 49.6 Å². The summed E-state index contributed by atoms with van der Waals surface area (Å²) in [5, 5.41) is 14.4. The summed E-state index contributed by atoms with van der Waals surface area (Å²) in [7, 11) is 0. The van der Waals surface area contributed by atoms with Crippen molar-refractivity contribution in [2.45, 2.75) is 31.8 Å². The lowest BCUT2D eigenvalue weighted by molar-refractivity contribution is -0.122. The predicted molar refractivity (Wildman–Crippen MR) is 112 cm³/mol. The second kappa shape index (κ2) is 10.8. The second-order valence-electron chi connectivity index (χ2n) is 6.66. The lowest BCUT2D eigenvalue weighted by Crippen LogP contribution is -2.43. The van der Waals surface area contributed by atoms with E-state index < -0.39 is 12.0 Å². The molecule has 0 unspecified atom stereocenters. The summed E-state index contributed by atoms with van der Waals surface area (Å²) in [6.07, 6.45) is 4.32. The average molecular weight is 395 g/mol. The Morgan fingerprint density at radius 2 is 1.72 bits per heavy atom. The van der Waals surface area contributed by atoms with Crippen molar-refractivity contribution in [3.8, 4) is 0 Å². The summed E-state index contributed by atoms with van der Waals surface area (Å²) in [6.45, 7) is 1.60. The number of aromatic carboxylic acids is 1. The molecule has 5 N–H and O–H groups in total. The molecule has 0 radical (unpaired) electrons. The number of hydrogen-bond donors (Lipinski definition) is 4. The molecular weight excluding hydrogens is 370 g/mol. The number of carboxylic acids is 1. The van der Waals surface area contributed by atoms with Gasteiger partial charge < -0.3 is 21.5 Å². The summed E-state index contributed by atoms with van der Waals surface area (Å²) in [5.74, 6) is -1.71. The number of carbonyl (C=O) groups is 3. The SMILES string of the molecule is C[C@H](N)C(=O)N[C@H](/C=C/C(=O)Nc1ccc(C(=O)O)cc1)CCc1ccccc1. The smallest absolute Gasteiger partial charge is 0.335 e. The number of benzene rings is 2. The van der Waals surface area contributed by atoms with E-state index in [0.29, 0.717) is 12.1 Å². The number of nitrogens with two attached hydrogens (primary N) is 1. The lowest BCUT2D eigenvalue weighted by atomic mass is 10.0. The Morgan fingerprint density at radius 1 is 1.07 bits per heavy atom. The maximum absolute atomic E-state index is 12.2. The number of hydrogen-bond acceptors (Lipinski definition) is 4. The van der Waals surface area contributed by atoms with Gasteiger partial charge in [0.25, 0.3) is 0 Å². The van der Waals surface area contributed by atoms with Crippen LogP contribution in [0.1, 0.15) is 29.3 Å². The molecule has 7 heteroatoms. The summed E-state index contributed by atoms with van der Waals surface area (Å²) < 4.78 is 0. The van der Waals surface area contributed by atoms with E-state index in [0.717, 1.165) is 12.0 Å². The predicted octanol–water partition coefficient (Wildman–Crippen LogP) is 2.34. The Hall–Kier alpha value is -3.45. The third-order valence-electron chi connectivity index (χ3n) is 4.21. The van der Waals surface area contributed by atoms with Gasteiger partial charge in [-0.15, -0.1) is 0 Å². The molecule has 0 fully saturated rings. The molecule has 0 bridgehead atoms. The molecule has 152 valence electrons. The first-order chi connectivity index (χ1) is 13.8. The Kier molecular flexibility index (Phi) is 8.12. The van der Waals surface area contributed by atoms with E-state index in [9.17, 15) is 14.4 Å². The molecule has 0 aliphatic carbocycles. The number of anilines is 1. The number of carbonyl (C=O) groups excluding carboxylic acids is 2. The van der Waals surface area contributed by atoms with Gasteiger partial charge in [0.1, 0.15) is 0 Å². The van der Waals surface area contributed by atoms with E-state index in [1.807, 2.05) is 30.3 Å². The second-order valence-corrected chi connectivity index (χ2v) is 6.66. The molecule has 2 aromatic carbocycles. The van der Waals surface area contributed by atoms with Crippen molar-refractivity contribution in [1.82, 2.24) is 5.32 Å². The van der Waals surface area contributed by atoms with Gasteiger partial charge in [0, 0.05) is 17.8 Å². The third-order valence-corrected chi connectivity index (χ3v) is 4.21. The highest BCUT2D eigenvalue weighted by Crippen LogP contribution is 2.10. The van der Waals surface area contributed by atoms with Crippen LogP contribution in [0.15, 0.2) is 66.7 Å². The summed E-state index contributed by atoms with van der Waals surface area (Å²) >= 11 is 0. The van der Waals surface area contributed by atoms with Crippen LogP contribution in [-0.2, 0) is 16.0 Å². The quantitative estimate of drug-likeness (QED) is 0.486. The van der Waals surface area contributed by atoms with Crippen LogP contribution in [0.4, 0.5) is 5.69 Å². The van der Waals surface area contributed by atoms with E-state index in [-0.39, 0.29) is 23.4 Å². The van der Waals surface area contributed by atoms with Crippen molar-refractivity contribution in [3.63, 3.8) is 0 Å². The molecule has 29 heavy (non-hydrogen) atoms. The Morgan fingerprint density at radius 3 is 2.31 bits per heavy atom. The first kappa shape index (κ1) is 21.8. The van der Waals surface area contributed by atoms with Crippen LogP contribution in [0.5, 0.6) is 0 Å². The van der Waals surface area contributed by atoms with Crippen LogP contribution in [0, 0.1) is 0 Å². The molecule has 2 amide bonds. The zero-order valence-electron chi connectivity index (χ0n) is 16.2. The highest BCUT2D eigenvalue weighted by atomic mass is 16.4. The van der Waals surface area contributed by atoms with Gasteiger partial charge in [-0.3, -0.25) is 9.59 Å². The van der Waals surface area contributed by atoms with Gasteiger partial charge in [0.2, 0.25) is 11.8 Å². The fourth-order valence-electron chi connectivity index (χ4n) is 2.58. The fourth-order valence-corrected chi connectivity index (χ4v) is 2.58. The lowest BCUT2D eigenvalue weighted by Gasteiger charge is -2.17. The van der Waals surface area contributed by atoms with E-state index in [1.165, 1.54) is 30.3 Å². The van der Waals surface area contributed by atoms with Gasteiger partial charge in [0.05, 0.1) is 11.6 Å². The molecule has 2 rings (SSSR count). The minimum absolute atomic E-state index is 0.137. The average Bonchev–Trinajstić information content (AvgIpc) is 2.71. The normalized spacial score (nSPS) is 12.9. The van der Waals surface area contributed by atoms with Gasteiger partial charge >= 0.3 is 5.97 Å². The molecule has 0 aliphatic heterocycles. The molecule has 0 heterocycles. The minimum atomic E-state index is -1.03. The van der Waals surface area contributed by atoms with Crippen LogP contribution < -0.4 is 16.4 Å². The van der Waals surface area contributed by atoms with Crippen LogP contribution in [0.3, 0.4) is 0 Å². The van der Waals surface area contributed by atoms with Crippen LogP contribution in [0.25, 0.3) is 0 Å². The third kappa shape index (κ3) is 7.59. The zero-order chi connectivity index (χ0) is 21.2. The van der Waals surface area contributed by atoms with Gasteiger partial charge in [-0.2, -0.15) is 0 Å². The van der Waals surface area contributed by atoms with Crippen LogP contribution in [0.2, 0.25) is 0 Å². The number of rotatable bonds is 9. The molecule has 2 atom stereocenters. The zero-order valence-corrected chi connectivity index (χ0v) is 16.2. The monoisotopic (exact) mass is 395 g/mol. The maximum atomic E-state index is 12.2. The van der Waals surface area contributed by atoms with Gasteiger partial charge in [-0.25, -0.2) is 4.79 Å². The van der Waals surface area contributed by atoms with E-state index in [1.54, 1.807) is 13.0 Å². The summed E-state index contributed by atoms with van der Waals surface area (Å²) in [5.41, 5.74) is 7.37. The van der Waals surface area contributed by atoms with Crippen molar-refractivity contribution >= 4 is 23.5 Å². The number of carboxylic acid groups (broad SMARTS) is 1. The van der Waals surface area contributed by atoms with Crippen molar-refractivity contribution < 1.29 is 19.5 Å². The largest absolute Gasteiger partial charge is 0.478 e. The van der Waals surface area contributed by atoms with Gasteiger partial charge in [0.15, 0.2) is 0 Å². The Balaban J connectivity index is 1.99. The summed E-state index contributed by atoms with van der Waals surface area (Å²) in [6, 6.07) is 14.7. The molecule has 7 nitrogen and oxygen atoms in total. The molecule has 0 saturated carbocycles. The number of amides is 2. The standard InChI is InChI=1S/C22H25N3O4/c1-15(23)21(27)25-19(10-7-16-5-3-2-4-6-16)13-14-20(26)24-18-11-8-17(9-12-18)22(28)29/h2-6,8-9,11-15,19H,7,10,23H2,1H3,(H,24,26)(H,25,27)(H,28,29)/b14-13+/t15-,19-/m0/s1. The van der Waals surface area contributed by atoms with Crippen molar-refractivity contribution in [1.29, 1.82) is 0 Å². The van der Waals surface area contributed by atoms with E-state index in [4.69, 9.17) is 10.8 Å². The first-order valence-electron chi connectivity index (χ1n) is 9.27. The molecule has 0 aliphatic rings. The fraction of sp³-hybridized carbons (Fsp3) is 0.227. The van der Waals surface area contributed by atoms with Crippen molar-refractivity contribution in [3.05, 3.63) is 77.9 Å². The van der Waals surface area contributed by atoms with E-state index in [2.05, 4.69) is 10.6 Å². The topological polar surface area (TPSA) is 122 Å². The molecule has 0 saturated heterocycles. The van der Waals surface area contributed by atoms with Gasteiger partial charge in [-0.1, -0.05) is 36.4 Å². The number of nitrogens with one attached hydrogen (secondary N) is 2. The Bertz CT molecular complexity index is 861. The highest BCUT2D eigenvalue weighted by Gasteiger charge is 2.13. The highest BCUT2D eigenvalue weighted by molar-refractivity contribution is 5.99. The van der Waals surface area contributed by atoms with Crippen LogP contribution in [-0.4, -0.2) is 35.0 Å². The minimum Gasteiger partial charge on any atom is -0.478 e. The first-order valence-corrected chi connectivity index (χ1v) is 9.27. The molecule has 2 aromatic rings. The van der Waals surface area contributed by atoms with Crippen molar-refractivity contribution in [2.75, 3.05) is 5.32 Å². The maximum Gasteiger partial charge on any atom is 0.335 e.